The molecule has 0 saturated heterocycles. The number of rotatable bonds is 8. The van der Waals surface area contributed by atoms with Crippen LogP contribution in [0.15, 0.2) is 0 Å². The van der Waals surface area contributed by atoms with Gasteiger partial charge < -0.3 is 16.2 Å². The molecule has 5 heteroatoms. The third-order valence-corrected chi connectivity index (χ3v) is 4.83. The molecule has 1 unspecified atom stereocenters. The quantitative estimate of drug-likeness (QED) is 0.640. The Balaban J connectivity index is 2.40. The van der Waals surface area contributed by atoms with Gasteiger partial charge in [-0.1, -0.05) is 13.8 Å². The van der Waals surface area contributed by atoms with Crippen molar-refractivity contribution in [3.8, 4) is 0 Å². The summed E-state index contributed by atoms with van der Waals surface area (Å²) >= 11 is 0. The fourth-order valence-electron chi connectivity index (χ4n) is 2.94. The molecule has 1 amide bonds. The van der Waals surface area contributed by atoms with Gasteiger partial charge in [0.15, 0.2) is 0 Å². The molecular weight excluding hydrogens is 268 g/mol. The Morgan fingerprint density at radius 1 is 1.33 bits per heavy atom. The van der Waals surface area contributed by atoms with Gasteiger partial charge in [0, 0.05) is 13.0 Å². The summed E-state index contributed by atoms with van der Waals surface area (Å²) in [5.74, 6) is 0.208. The van der Waals surface area contributed by atoms with Gasteiger partial charge in [0.25, 0.3) is 0 Å². The summed E-state index contributed by atoms with van der Waals surface area (Å²) in [6, 6.07) is 0. The van der Waals surface area contributed by atoms with Gasteiger partial charge in [0.1, 0.15) is 0 Å². The highest BCUT2D eigenvalue weighted by Crippen LogP contribution is 2.38. The van der Waals surface area contributed by atoms with Crippen LogP contribution < -0.4 is 11.1 Å². The number of hydrogen-bond acceptors (Lipinski definition) is 3. The first kappa shape index (κ1) is 18.0. The van der Waals surface area contributed by atoms with Crippen LogP contribution in [0.2, 0.25) is 0 Å². The van der Waals surface area contributed by atoms with E-state index in [1.807, 2.05) is 0 Å². The maximum Gasteiger partial charge on any atom is 0.311 e. The van der Waals surface area contributed by atoms with Crippen molar-refractivity contribution >= 4 is 11.9 Å². The summed E-state index contributed by atoms with van der Waals surface area (Å²) in [6.45, 7) is 5.15. The van der Waals surface area contributed by atoms with Gasteiger partial charge in [-0.2, -0.15) is 0 Å². The molecule has 1 fully saturated rings. The molecule has 1 atom stereocenters. The molecule has 21 heavy (non-hydrogen) atoms. The molecule has 4 N–H and O–H groups in total. The monoisotopic (exact) mass is 298 g/mol. The lowest BCUT2D eigenvalue weighted by Crippen LogP contribution is -2.45. The molecule has 122 valence electrons. The Hall–Kier alpha value is -1.10. The van der Waals surface area contributed by atoms with Crippen LogP contribution in [0, 0.1) is 17.3 Å². The lowest BCUT2D eigenvalue weighted by atomic mass is 9.71. The van der Waals surface area contributed by atoms with Crippen molar-refractivity contribution in [2.75, 3.05) is 13.1 Å². The normalized spacial score (nSPS) is 27.1. The molecule has 0 radical (unpaired) electrons. The number of nitrogens with two attached hydrogens (primary N) is 1. The average molecular weight is 298 g/mol. The highest BCUT2D eigenvalue weighted by Gasteiger charge is 2.41. The molecule has 5 nitrogen and oxygen atoms in total. The van der Waals surface area contributed by atoms with E-state index >= 15 is 0 Å². The van der Waals surface area contributed by atoms with E-state index in [0.717, 1.165) is 25.7 Å². The van der Waals surface area contributed by atoms with Crippen molar-refractivity contribution in [2.24, 2.45) is 23.0 Å². The lowest BCUT2D eigenvalue weighted by molar-refractivity contribution is -0.151. The second kappa shape index (κ2) is 8.37. The van der Waals surface area contributed by atoms with Gasteiger partial charge in [-0.3, -0.25) is 9.59 Å². The molecule has 0 aromatic carbocycles. The molecule has 1 saturated carbocycles. The van der Waals surface area contributed by atoms with E-state index in [9.17, 15) is 14.7 Å². The maximum atomic E-state index is 11.9. The number of carbonyl (C=O) groups is 2. The van der Waals surface area contributed by atoms with Crippen LogP contribution in [0.1, 0.15) is 58.8 Å². The lowest BCUT2D eigenvalue weighted by Gasteiger charge is -2.35. The maximum absolute atomic E-state index is 11.9. The SMILES string of the molecule is CC(CCN)CCC(=O)NCC1(C(=O)O)CCC(C)CC1. The first-order valence-electron chi connectivity index (χ1n) is 8.10. The number of carboxylic acid groups (broad SMARTS) is 1. The summed E-state index contributed by atoms with van der Waals surface area (Å²) in [5, 5.41) is 12.3. The topological polar surface area (TPSA) is 92.4 Å². The average Bonchev–Trinajstić information content (AvgIpc) is 2.45. The number of hydrogen-bond donors (Lipinski definition) is 3. The molecule has 1 rings (SSSR count). The minimum absolute atomic E-state index is 0.0434. The van der Waals surface area contributed by atoms with E-state index in [1.165, 1.54) is 0 Å². The summed E-state index contributed by atoms with van der Waals surface area (Å²) in [5.41, 5.74) is 4.73. The van der Waals surface area contributed by atoms with Crippen LogP contribution in [0.3, 0.4) is 0 Å². The van der Waals surface area contributed by atoms with E-state index < -0.39 is 11.4 Å². The van der Waals surface area contributed by atoms with Crippen molar-refractivity contribution in [3.05, 3.63) is 0 Å². The first-order valence-corrected chi connectivity index (χ1v) is 8.10. The first-order chi connectivity index (χ1) is 9.89. The summed E-state index contributed by atoms with van der Waals surface area (Å²) in [6.07, 6.45) is 5.35. The Bertz CT molecular complexity index is 349. The Kier molecular flexibility index (Phi) is 7.15. The summed E-state index contributed by atoms with van der Waals surface area (Å²) in [7, 11) is 0. The van der Waals surface area contributed by atoms with Crippen LogP contribution in [0.4, 0.5) is 0 Å². The van der Waals surface area contributed by atoms with Crippen molar-refractivity contribution in [2.45, 2.75) is 58.8 Å². The van der Waals surface area contributed by atoms with Crippen LogP contribution in [-0.4, -0.2) is 30.1 Å². The molecule has 0 aromatic heterocycles. The van der Waals surface area contributed by atoms with Crippen molar-refractivity contribution < 1.29 is 14.7 Å². The number of carboxylic acids is 1. The molecule has 0 aromatic rings. The van der Waals surface area contributed by atoms with Gasteiger partial charge in [-0.25, -0.2) is 0 Å². The fourth-order valence-corrected chi connectivity index (χ4v) is 2.94. The minimum atomic E-state index is -0.772. The van der Waals surface area contributed by atoms with Gasteiger partial charge in [-0.15, -0.1) is 0 Å². The highest BCUT2D eigenvalue weighted by atomic mass is 16.4. The van der Waals surface area contributed by atoms with Gasteiger partial charge in [0.2, 0.25) is 5.91 Å². The molecule has 0 bridgehead atoms. The molecular formula is C16H30N2O3. The highest BCUT2D eigenvalue weighted by molar-refractivity contribution is 5.79. The second-order valence-electron chi connectivity index (χ2n) is 6.77. The molecule has 1 aliphatic rings. The van der Waals surface area contributed by atoms with E-state index in [1.54, 1.807) is 0 Å². The van der Waals surface area contributed by atoms with Crippen LogP contribution in [0.25, 0.3) is 0 Å². The zero-order chi connectivity index (χ0) is 15.9. The predicted molar refractivity (Wildman–Crippen MR) is 82.8 cm³/mol. The predicted octanol–water partition coefficient (Wildman–Crippen LogP) is 2.15. The summed E-state index contributed by atoms with van der Waals surface area (Å²) < 4.78 is 0. The van der Waals surface area contributed by atoms with Crippen molar-refractivity contribution in [1.29, 1.82) is 0 Å². The molecule has 0 spiro atoms. The van der Waals surface area contributed by atoms with E-state index in [2.05, 4.69) is 19.2 Å². The zero-order valence-electron chi connectivity index (χ0n) is 13.4. The van der Waals surface area contributed by atoms with Gasteiger partial charge in [0.05, 0.1) is 5.41 Å². The molecule has 0 heterocycles. The molecule has 0 aliphatic heterocycles. The van der Waals surface area contributed by atoms with Gasteiger partial charge in [-0.05, 0) is 56.9 Å². The van der Waals surface area contributed by atoms with E-state index in [0.29, 0.717) is 37.6 Å². The second-order valence-corrected chi connectivity index (χ2v) is 6.77. The van der Waals surface area contributed by atoms with Crippen LogP contribution >= 0.6 is 0 Å². The molecule has 1 aliphatic carbocycles. The number of aliphatic carboxylic acids is 1. The van der Waals surface area contributed by atoms with Crippen LogP contribution in [-0.2, 0) is 9.59 Å². The fraction of sp³-hybridized carbons (Fsp3) is 0.875. The van der Waals surface area contributed by atoms with E-state index in [4.69, 9.17) is 5.73 Å². The zero-order valence-corrected chi connectivity index (χ0v) is 13.4. The van der Waals surface area contributed by atoms with Crippen molar-refractivity contribution in [1.82, 2.24) is 5.32 Å². The third kappa shape index (κ3) is 5.65. The number of carbonyl (C=O) groups excluding carboxylic acids is 1. The van der Waals surface area contributed by atoms with Crippen molar-refractivity contribution in [3.63, 3.8) is 0 Å². The Morgan fingerprint density at radius 3 is 2.48 bits per heavy atom. The third-order valence-electron chi connectivity index (χ3n) is 4.83. The number of amides is 1. The minimum Gasteiger partial charge on any atom is -0.481 e. The number of nitrogens with one attached hydrogen (secondary N) is 1. The Labute approximate surface area is 127 Å². The standard InChI is InChI=1S/C16H30N2O3/c1-12(7-10-17)3-4-14(19)18-11-16(15(20)21)8-5-13(2)6-9-16/h12-13H,3-11,17H2,1-2H3,(H,18,19)(H,20,21). The smallest absolute Gasteiger partial charge is 0.311 e. The summed E-state index contributed by atoms with van der Waals surface area (Å²) in [4.78, 5) is 23.5. The van der Waals surface area contributed by atoms with E-state index in [-0.39, 0.29) is 12.5 Å². The largest absolute Gasteiger partial charge is 0.481 e. The van der Waals surface area contributed by atoms with Gasteiger partial charge >= 0.3 is 5.97 Å². The van der Waals surface area contributed by atoms with Crippen LogP contribution in [0.5, 0.6) is 0 Å². The Morgan fingerprint density at radius 2 is 1.95 bits per heavy atom.